The summed E-state index contributed by atoms with van der Waals surface area (Å²) in [7, 11) is 1.59. The third-order valence-electron chi connectivity index (χ3n) is 4.12. The summed E-state index contributed by atoms with van der Waals surface area (Å²) in [5.74, 6) is 1.19. The Hall–Kier alpha value is -1.09. The molecule has 3 rings (SSSR count). The molecule has 0 unspecified atom stereocenters. The number of ether oxygens (including phenoxy) is 3. The lowest BCUT2D eigenvalue weighted by Gasteiger charge is -2.18. The van der Waals surface area contributed by atoms with Gasteiger partial charge in [0.1, 0.15) is 4.32 Å². The molecule has 5 nitrogen and oxygen atoms in total. The minimum atomic E-state index is -0.0699. The van der Waals surface area contributed by atoms with Crippen molar-refractivity contribution in [1.82, 2.24) is 4.90 Å². The predicted molar refractivity (Wildman–Crippen MR) is 111 cm³/mol. The molecular weight excluding hydrogens is 438 g/mol. The highest BCUT2D eigenvalue weighted by molar-refractivity contribution is 9.10. The number of halogens is 1. The molecule has 0 saturated carbocycles. The summed E-state index contributed by atoms with van der Waals surface area (Å²) in [5.41, 5.74) is 0.842. The summed E-state index contributed by atoms with van der Waals surface area (Å²) < 4.78 is 18.0. The standard InChI is InChI=1S/C18H20BrNO4S2/c1-3-23-16-13(19)7-11(8-14(16)22-2)9-15-17(21)20(18(25)26-15)10-12-5-4-6-24-12/h7-9,12H,3-6,10H2,1-2H3/b15-9-/t12-/m1/s1. The molecule has 2 saturated heterocycles. The van der Waals surface area contributed by atoms with Crippen LogP contribution in [0.2, 0.25) is 0 Å². The normalized spacial score (nSPS) is 21.7. The second-order valence-electron chi connectivity index (χ2n) is 5.89. The van der Waals surface area contributed by atoms with Crippen LogP contribution in [0.1, 0.15) is 25.3 Å². The summed E-state index contributed by atoms with van der Waals surface area (Å²) in [6.07, 6.45) is 3.92. The second kappa shape index (κ2) is 8.73. The highest BCUT2D eigenvalue weighted by Crippen LogP contribution is 2.39. The van der Waals surface area contributed by atoms with Crippen LogP contribution in [0.3, 0.4) is 0 Å². The molecule has 1 atom stereocenters. The maximum absolute atomic E-state index is 12.7. The zero-order valence-corrected chi connectivity index (χ0v) is 17.8. The summed E-state index contributed by atoms with van der Waals surface area (Å²) in [6.45, 7) is 3.74. The van der Waals surface area contributed by atoms with E-state index in [1.807, 2.05) is 25.1 Å². The van der Waals surface area contributed by atoms with E-state index in [2.05, 4.69) is 15.9 Å². The first-order valence-corrected chi connectivity index (χ1v) is 10.4. The van der Waals surface area contributed by atoms with Crippen LogP contribution in [0.5, 0.6) is 11.5 Å². The number of methoxy groups -OCH3 is 1. The highest BCUT2D eigenvalue weighted by Gasteiger charge is 2.34. The topological polar surface area (TPSA) is 48.0 Å². The van der Waals surface area contributed by atoms with E-state index in [-0.39, 0.29) is 12.0 Å². The molecule has 2 aliphatic heterocycles. The Kier molecular flexibility index (Phi) is 6.60. The van der Waals surface area contributed by atoms with Gasteiger partial charge < -0.3 is 14.2 Å². The van der Waals surface area contributed by atoms with Gasteiger partial charge in [-0.1, -0.05) is 24.0 Å². The Balaban J connectivity index is 1.82. The van der Waals surface area contributed by atoms with E-state index in [1.165, 1.54) is 11.8 Å². The number of benzene rings is 1. The van der Waals surface area contributed by atoms with E-state index in [0.29, 0.717) is 33.9 Å². The zero-order valence-electron chi connectivity index (χ0n) is 14.6. The van der Waals surface area contributed by atoms with E-state index in [4.69, 9.17) is 26.4 Å². The number of rotatable bonds is 6. The van der Waals surface area contributed by atoms with Gasteiger partial charge >= 0.3 is 0 Å². The molecule has 0 spiro atoms. The van der Waals surface area contributed by atoms with Crippen LogP contribution in [0.25, 0.3) is 6.08 Å². The highest BCUT2D eigenvalue weighted by atomic mass is 79.9. The van der Waals surface area contributed by atoms with Crippen molar-refractivity contribution in [1.29, 1.82) is 0 Å². The molecule has 0 radical (unpaired) electrons. The molecular formula is C18H20BrNO4S2. The van der Waals surface area contributed by atoms with Gasteiger partial charge in [-0.15, -0.1) is 0 Å². The largest absolute Gasteiger partial charge is 0.493 e. The fourth-order valence-electron chi connectivity index (χ4n) is 2.91. The number of carbonyl (C=O) groups excluding carboxylic acids is 1. The molecule has 26 heavy (non-hydrogen) atoms. The molecule has 2 heterocycles. The average Bonchev–Trinajstić information content (AvgIpc) is 3.21. The summed E-state index contributed by atoms with van der Waals surface area (Å²) in [6, 6.07) is 3.75. The number of hydrogen-bond donors (Lipinski definition) is 0. The third kappa shape index (κ3) is 4.24. The SMILES string of the molecule is CCOc1c(Br)cc(/C=C2\SC(=S)N(C[C@H]3CCCO3)C2=O)cc1OC. The fourth-order valence-corrected chi connectivity index (χ4v) is 4.76. The van der Waals surface area contributed by atoms with Crippen LogP contribution in [0.4, 0.5) is 0 Å². The van der Waals surface area contributed by atoms with Crippen LogP contribution >= 0.6 is 39.9 Å². The van der Waals surface area contributed by atoms with E-state index in [1.54, 1.807) is 12.0 Å². The maximum atomic E-state index is 12.7. The molecule has 8 heteroatoms. The van der Waals surface area contributed by atoms with Gasteiger partial charge in [0, 0.05) is 6.61 Å². The molecule has 1 amide bonds. The Morgan fingerprint density at radius 3 is 2.96 bits per heavy atom. The minimum absolute atomic E-state index is 0.0699. The van der Waals surface area contributed by atoms with Gasteiger partial charge in [-0.2, -0.15) is 0 Å². The van der Waals surface area contributed by atoms with Gasteiger partial charge in [-0.25, -0.2) is 0 Å². The van der Waals surface area contributed by atoms with Crippen molar-refractivity contribution < 1.29 is 19.0 Å². The second-order valence-corrected chi connectivity index (χ2v) is 8.42. The van der Waals surface area contributed by atoms with Crippen LogP contribution < -0.4 is 9.47 Å². The predicted octanol–water partition coefficient (Wildman–Crippen LogP) is 4.24. The van der Waals surface area contributed by atoms with Gasteiger partial charge in [0.15, 0.2) is 11.5 Å². The van der Waals surface area contributed by atoms with Crippen molar-refractivity contribution in [2.75, 3.05) is 26.9 Å². The molecule has 2 fully saturated rings. The summed E-state index contributed by atoms with van der Waals surface area (Å²) >= 11 is 10.2. The number of thioether (sulfide) groups is 1. The van der Waals surface area contributed by atoms with E-state index in [0.717, 1.165) is 29.5 Å². The quantitative estimate of drug-likeness (QED) is 0.470. The van der Waals surface area contributed by atoms with Gasteiger partial charge in [0.2, 0.25) is 0 Å². The maximum Gasteiger partial charge on any atom is 0.266 e. The van der Waals surface area contributed by atoms with Crippen molar-refractivity contribution in [2.45, 2.75) is 25.9 Å². The number of hydrogen-bond acceptors (Lipinski definition) is 6. The lowest BCUT2D eigenvalue weighted by molar-refractivity contribution is -0.123. The molecule has 0 N–H and O–H groups in total. The molecule has 0 aromatic heterocycles. The van der Waals surface area contributed by atoms with E-state index < -0.39 is 0 Å². The third-order valence-corrected chi connectivity index (χ3v) is 6.09. The van der Waals surface area contributed by atoms with Crippen LogP contribution in [0.15, 0.2) is 21.5 Å². The smallest absolute Gasteiger partial charge is 0.266 e. The Morgan fingerprint density at radius 2 is 2.31 bits per heavy atom. The molecule has 1 aromatic rings. The van der Waals surface area contributed by atoms with Crippen LogP contribution in [0, 0.1) is 0 Å². The molecule has 1 aromatic carbocycles. The average molecular weight is 458 g/mol. The number of thiocarbonyl (C=S) groups is 1. The Bertz CT molecular complexity index is 747. The Labute approximate surface area is 171 Å². The van der Waals surface area contributed by atoms with Crippen molar-refractivity contribution in [2.24, 2.45) is 0 Å². The zero-order chi connectivity index (χ0) is 18.7. The molecule has 0 bridgehead atoms. The first-order chi connectivity index (χ1) is 12.5. The lowest BCUT2D eigenvalue weighted by Crippen LogP contribution is -2.35. The van der Waals surface area contributed by atoms with Crippen LogP contribution in [-0.4, -0.2) is 48.1 Å². The number of amides is 1. The first-order valence-electron chi connectivity index (χ1n) is 8.40. The van der Waals surface area contributed by atoms with Gasteiger partial charge in [0.25, 0.3) is 5.91 Å². The van der Waals surface area contributed by atoms with Gasteiger partial charge in [-0.3, -0.25) is 9.69 Å². The molecule has 0 aliphatic carbocycles. The lowest BCUT2D eigenvalue weighted by atomic mass is 10.1. The van der Waals surface area contributed by atoms with Crippen molar-refractivity contribution >= 4 is 56.2 Å². The van der Waals surface area contributed by atoms with Crippen LogP contribution in [-0.2, 0) is 9.53 Å². The first kappa shape index (κ1) is 19.7. The fraction of sp³-hybridized carbons (Fsp3) is 0.444. The molecule has 140 valence electrons. The summed E-state index contributed by atoms with van der Waals surface area (Å²) in [4.78, 5) is 15.0. The van der Waals surface area contributed by atoms with Gasteiger partial charge in [0.05, 0.1) is 35.7 Å². The van der Waals surface area contributed by atoms with E-state index >= 15 is 0 Å². The Morgan fingerprint density at radius 1 is 1.50 bits per heavy atom. The number of carbonyl (C=O) groups is 1. The van der Waals surface area contributed by atoms with Gasteiger partial charge in [-0.05, 0) is 59.5 Å². The van der Waals surface area contributed by atoms with Crippen molar-refractivity contribution in [3.63, 3.8) is 0 Å². The van der Waals surface area contributed by atoms with Crippen molar-refractivity contribution in [3.05, 3.63) is 27.1 Å². The minimum Gasteiger partial charge on any atom is -0.493 e. The van der Waals surface area contributed by atoms with Crippen molar-refractivity contribution in [3.8, 4) is 11.5 Å². The number of nitrogens with zero attached hydrogens (tertiary/aromatic N) is 1. The summed E-state index contributed by atoms with van der Waals surface area (Å²) in [5, 5.41) is 0. The molecule has 2 aliphatic rings. The van der Waals surface area contributed by atoms with E-state index in [9.17, 15) is 4.79 Å². The monoisotopic (exact) mass is 457 g/mol.